The van der Waals surface area contributed by atoms with Crippen molar-refractivity contribution in [1.82, 2.24) is 5.32 Å². The maximum atomic E-state index is 6.07. The van der Waals surface area contributed by atoms with Crippen LogP contribution in [-0.2, 0) is 4.74 Å². The second-order valence-electron chi connectivity index (χ2n) is 3.79. The van der Waals surface area contributed by atoms with Crippen molar-refractivity contribution in [2.45, 2.75) is 31.0 Å². The van der Waals surface area contributed by atoms with Gasteiger partial charge >= 0.3 is 0 Å². The monoisotopic (exact) mass is 196 g/mol. The first-order valence-corrected chi connectivity index (χ1v) is 4.87. The van der Waals surface area contributed by atoms with Crippen molar-refractivity contribution in [2.75, 3.05) is 6.61 Å². The lowest BCUT2D eigenvalue weighted by Crippen LogP contribution is -2.48. The van der Waals surface area contributed by atoms with Crippen molar-refractivity contribution < 1.29 is 4.74 Å². The summed E-state index contributed by atoms with van der Waals surface area (Å²) >= 11 is 0. The maximum absolute atomic E-state index is 6.07. The molecule has 5 N–H and O–H groups in total. The van der Waals surface area contributed by atoms with E-state index in [1.54, 1.807) is 12.5 Å². The molecule has 14 heavy (non-hydrogen) atoms. The normalized spacial score (nSPS) is 36.6. The topological polar surface area (TPSA) is 85.7 Å². The first-order chi connectivity index (χ1) is 6.71. The molecule has 0 aromatic rings. The molecule has 0 aliphatic carbocycles. The summed E-state index contributed by atoms with van der Waals surface area (Å²) in [7, 11) is 0. The van der Waals surface area contributed by atoms with Crippen molar-refractivity contribution in [3.05, 3.63) is 11.9 Å². The number of hydrogen-bond acceptors (Lipinski definition) is 5. The molecule has 78 valence electrons. The van der Waals surface area contributed by atoms with E-state index in [0.29, 0.717) is 12.1 Å². The zero-order chi connectivity index (χ0) is 10.0. The number of aliphatic imine (C=N–C) groups is 1. The zero-order valence-electron chi connectivity index (χ0n) is 8.07. The van der Waals surface area contributed by atoms with Crippen LogP contribution in [0, 0.1) is 0 Å². The van der Waals surface area contributed by atoms with Crippen LogP contribution < -0.4 is 16.8 Å². The Hall–Kier alpha value is -1.07. The van der Waals surface area contributed by atoms with E-state index in [1.165, 1.54) is 0 Å². The van der Waals surface area contributed by atoms with Crippen molar-refractivity contribution >= 4 is 6.34 Å². The molecule has 2 aliphatic rings. The molecule has 2 aliphatic heterocycles. The Balaban J connectivity index is 2.03. The van der Waals surface area contributed by atoms with Gasteiger partial charge in [0.1, 0.15) is 0 Å². The lowest BCUT2D eigenvalue weighted by Gasteiger charge is -2.30. The third kappa shape index (κ3) is 1.73. The summed E-state index contributed by atoms with van der Waals surface area (Å²) in [6.45, 7) is 0.826. The van der Waals surface area contributed by atoms with Crippen molar-refractivity contribution in [2.24, 2.45) is 16.5 Å². The fourth-order valence-corrected chi connectivity index (χ4v) is 1.80. The number of nitrogens with two attached hydrogens (primary N) is 2. The Morgan fingerprint density at radius 3 is 3.21 bits per heavy atom. The van der Waals surface area contributed by atoms with Crippen LogP contribution in [-0.4, -0.2) is 24.7 Å². The van der Waals surface area contributed by atoms with Crippen LogP contribution in [0.4, 0.5) is 0 Å². The van der Waals surface area contributed by atoms with Gasteiger partial charge in [0.15, 0.2) is 5.66 Å². The van der Waals surface area contributed by atoms with Gasteiger partial charge in [-0.15, -0.1) is 0 Å². The molecule has 1 saturated heterocycles. The number of hydrogen-bond donors (Lipinski definition) is 3. The summed E-state index contributed by atoms with van der Waals surface area (Å²) in [4.78, 5) is 4.17. The van der Waals surface area contributed by atoms with Crippen LogP contribution in [0.2, 0.25) is 0 Å². The Morgan fingerprint density at radius 1 is 1.71 bits per heavy atom. The second kappa shape index (κ2) is 3.59. The summed E-state index contributed by atoms with van der Waals surface area (Å²) in [5.41, 5.74) is 11.7. The standard InChI is InChI=1S/C9H16N4O/c10-8-5-12-6-13-9(8,11)4-7-2-1-3-14-7/h5-7H,1-4,10-11H2,(H,12,13)/t7-,9?/m0/s1. The van der Waals surface area contributed by atoms with Crippen LogP contribution in [0.1, 0.15) is 19.3 Å². The first kappa shape index (κ1) is 9.48. The number of ether oxygens (including phenoxy) is 1. The molecule has 2 rings (SSSR count). The highest BCUT2D eigenvalue weighted by Crippen LogP contribution is 2.25. The minimum Gasteiger partial charge on any atom is -0.398 e. The van der Waals surface area contributed by atoms with E-state index in [0.717, 1.165) is 19.4 Å². The van der Waals surface area contributed by atoms with Crippen molar-refractivity contribution in [3.8, 4) is 0 Å². The van der Waals surface area contributed by atoms with Gasteiger partial charge in [0.25, 0.3) is 0 Å². The molecule has 0 bridgehead atoms. The summed E-state index contributed by atoms with van der Waals surface area (Å²) in [6.07, 6.45) is 6.27. The van der Waals surface area contributed by atoms with Crippen molar-refractivity contribution in [1.29, 1.82) is 0 Å². The molecule has 0 amide bonds. The fourth-order valence-electron chi connectivity index (χ4n) is 1.80. The Morgan fingerprint density at radius 2 is 2.57 bits per heavy atom. The molecule has 0 spiro atoms. The van der Waals surface area contributed by atoms with Crippen molar-refractivity contribution in [3.63, 3.8) is 0 Å². The molecule has 5 nitrogen and oxygen atoms in total. The summed E-state index contributed by atoms with van der Waals surface area (Å²) < 4.78 is 5.51. The number of rotatable bonds is 2. The molecule has 1 unspecified atom stereocenters. The third-order valence-corrected chi connectivity index (χ3v) is 2.67. The van der Waals surface area contributed by atoms with E-state index in [-0.39, 0.29) is 6.10 Å². The molecule has 5 heteroatoms. The van der Waals surface area contributed by atoms with Gasteiger partial charge in [0.2, 0.25) is 0 Å². The number of nitrogens with one attached hydrogen (secondary N) is 1. The van der Waals surface area contributed by atoms with Gasteiger partial charge in [-0.05, 0) is 12.8 Å². The molecule has 0 saturated carbocycles. The minimum absolute atomic E-state index is 0.196. The average Bonchev–Trinajstić information content (AvgIpc) is 2.63. The molecule has 0 aromatic heterocycles. The third-order valence-electron chi connectivity index (χ3n) is 2.67. The van der Waals surface area contributed by atoms with Gasteiger partial charge in [0, 0.05) is 19.2 Å². The van der Waals surface area contributed by atoms with Gasteiger partial charge in [-0.25, -0.2) is 4.99 Å². The summed E-state index contributed by atoms with van der Waals surface area (Å²) in [5, 5.41) is 2.82. The fraction of sp³-hybridized carbons (Fsp3) is 0.667. The molecular weight excluding hydrogens is 180 g/mol. The molecule has 2 heterocycles. The highest BCUT2D eigenvalue weighted by atomic mass is 16.5. The highest BCUT2D eigenvalue weighted by molar-refractivity contribution is 5.59. The second-order valence-corrected chi connectivity index (χ2v) is 3.79. The van der Waals surface area contributed by atoms with Gasteiger partial charge in [-0.2, -0.15) is 0 Å². The molecule has 0 radical (unpaired) electrons. The van der Waals surface area contributed by atoms with Crippen LogP contribution in [0.15, 0.2) is 16.9 Å². The van der Waals surface area contributed by atoms with Crippen LogP contribution in [0.3, 0.4) is 0 Å². The lowest BCUT2D eigenvalue weighted by molar-refractivity contribution is 0.0892. The quantitative estimate of drug-likeness (QED) is 0.563. The van der Waals surface area contributed by atoms with E-state index in [2.05, 4.69) is 10.3 Å². The predicted molar refractivity (Wildman–Crippen MR) is 54.4 cm³/mol. The SMILES string of the molecule is NC1=CNC=NC1(N)C[C@@H]1CCCO1. The van der Waals surface area contributed by atoms with E-state index in [1.807, 2.05) is 0 Å². The van der Waals surface area contributed by atoms with E-state index in [4.69, 9.17) is 16.2 Å². The minimum atomic E-state index is -0.778. The van der Waals surface area contributed by atoms with Crippen LogP contribution in [0.25, 0.3) is 0 Å². The average molecular weight is 196 g/mol. The molecule has 2 atom stereocenters. The largest absolute Gasteiger partial charge is 0.398 e. The van der Waals surface area contributed by atoms with Crippen LogP contribution >= 0.6 is 0 Å². The van der Waals surface area contributed by atoms with E-state index >= 15 is 0 Å². The Kier molecular flexibility index (Phi) is 2.43. The van der Waals surface area contributed by atoms with Gasteiger partial charge in [-0.3, -0.25) is 0 Å². The number of nitrogens with zero attached hydrogens (tertiary/aromatic N) is 1. The molecular formula is C9H16N4O. The Bertz CT molecular complexity index is 270. The molecule has 0 aromatic carbocycles. The summed E-state index contributed by atoms with van der Waals surface area (Å²) in [6, 6.07) is 0. The predicted octanol–water partition coefficient (Wildman–Crippen LogP) is -0.358. The highest BCUT2D eigenvalue weighted by Gasteiger charge is 2.33. The Labute approximate surface area is 83.2 Å². The maximum Gasteiger partial charge on any atom is 0.153 e. The lowest BCUT2D eigenvalue weighted by atomic mass is 9.98. The van der Waals surface area contributed by atoms with Gasteiger partial charge in [0.05, 0.1) is 18.1 Å². The van der Waals surface area contributed by atoms with Crippen LogP contribution in [0.5, 0.6) is 0 Å². The first-order valence-electron chi connectivity index (χ1n) is 4.87. The van der Waals surface area contributed by atoms with Gasteiger partial charge < -0.3 is 21.5 Å². The summed E-state index contributed by atoms with van der Waals surface area (Å²) in [5.74, 6) is 0. The van der Waals surface area contributed by atoms with E-state index in [9.17, 15) is 0 Å². The zero-order valence-corrected chi connectivity index (χ0v) is 8.07. The van der Waals surface area contributed by atoms with E-state index < -0.39 is 5.66 Å². The molecule has 1 fully saturated rings. The van der Waals surface area contributed by atoms with Gasteiger partial charge in [-0.1, -0.05) is 0 Å². The smallest absolute Gasteiger partial charge is 0.153 e.